The molecule has 0 atom stereocenters. The first kappa shape index (κ1) is 24.4. The molecule has 5 rings (SSSR count). The number of benzene rings is 3. The first-order valence-corrected chi connectivity index (χ1v) is 13.1. The molecule has 8 nitrogen and oxygen atoms in total. The Balaban J connectivity index is 1.49. The lowest BCUT2D eigenvalue weighted by molar-refractivity contribution is 0.415. The van der Waals surface area contributed by atoms with Gasteiger partial charge in [0.05, 0.1) is 12.0 Å². The second kappa shape index (κ2) is 10.3. The van der Waals surface area contributed by atoms with Crippen molar-refractivity contribution in [3.8, 4) is 17.0 Å². The van der Waals surface area contributed by atoms with Gasteiger partial charge in [-0.3, -0.25) is 4.98 Å². The standard InChI is InChI=1S/C28H25N5O3S/c1-19-9-10-21(16-26(19)37(34,35)30-18-20-6-5-15-29-17-20)27-24-7-3-4-8-25(24)28(33-32-27)31-22-11-13-23(36-2)14-12-22/h3-17,30H,18H2,1-2H3,(H,31,33). The summed E-state index contributed by atoms with van der Waals surface area (Å²) in [5.41, 5.74) is 3.51. The highest BCUT2D eigenvalue weighted by atomic mass is 32.2. The van der Waals surface area contributed by atoms with Crippen LogP contribution in [-0.4, -0.2) is 30.7 Å². The summed E-state index contributed by atoms with van der Waals surface area (Å²) in [5.74, 6) is 1.36. The first-order chi connectivity index (χ1) is 17.9. The number of aryl methyl sites for hydroxylation is 1. The van der Waals surface area contributed by atoms with Gasteiger partial charge in [-0.2, -0.15) is 0 Å². The van der Waals surface area contributed by atoms with Crippen LogP contribution in [0.15, 0.2) is 96.2 Å². The molecule has 2 N–H and O–H groups in total. The van der Waals surface area contributed by atoms with E-state index in [0.717, 1.165) is 27.8 Å². The molecule has 0 saturated carbocycles. The summed E-state index contributed by atoms with van der Waals surface area (Å²) in [7, 11) is -2.15. The number of pyridine rings is 1. The van der Waals surface area contributed by atoms with Crippen LogP contribution in [0.25, 0.3) is 22.0 Å². The topological polar surface area (TPSA) is 106 Å². The van der Waals surface area contributed by atoms with E-state index < -0.39 is 10.0 Å². The summed E-state index contributed by atoms with van der Waals surface area (Å²) in [4.78, 5) is 4.23. The zero-order valence-corrected chi connectivity index (χ0v) is 21.2. The molecular weight excluding hydrogens is 486 g/mol. The molecule has 0 amide bonds. The van der Waals surface area contributed by atoms with Gasteiger partial charge in [-0.25, -0.2) is 13.1 Å². The fourth-order valence-corrected chi connectivity index (χ4v) is 5.30. The van der Waals surface area contributed by atoms with Crippen LogP contribution in [0.1, 0.15) is 11.1 Å². The maximum Gasteiger partial charge on any atom is 0.241 e. The first-order valence-electron chi connectivity index (χ1n) is 11.6. The number of rotatable bonds is 8. The quantitative estimate of drug-likeness (QED) is 0.294. The van der Waals surface area contributed by atoms with E-state index in [-0.39, 0.29) is 11.4 Å². The third kappa shape index (κ3) is 5.28. The molecule has 3 aromatic carbocycles. The molecule has 0 unspecified atom stereocenters. The van der Waals surface area contributed by atoms with E-state index in [1.807, 2.05) is 60.7 Å². The maximum atomic E-state index is 13.2. The van der Waals surface area contributed by atoms with Gasteiger partial charge in [-0.05, 0) is 54.4 Å². The highest BCUT2D eigenvalue weighted by molar-refractivity contribution is 7.89. The largest absolute Gasteiger partial charge is 0.497 e. The van der Waals surface area contributed by atoms with Gasteiger partial charge in [0, 0.05) is 41.0 Å². The van der Waals surface area contributed by atoms with Crippen LogP contribution in [-0.2, 0) is 16.6 Å². The molecule has 9 heteroatoms. The smallest absolute Gasteiger partial charge is 0.241 e. The molecule has 2 heterocycles. The van der Waals surface area contributed by atoms with Crippen LogP contribution < -0.4 is 14.8 Å². The van der Waals surface area contributed by atoms with Gasteiger partial charge in [-0.1, -0.05) is 42.5 Å². The van der Waals surface area contributed by atoms with E-state index in [1.165, 1.54) is 0 Å². The maximum absolute atomic E-state index is 13.2. The normalized spacial score (nSPS) is 11.4. The number of ether oxygens (including phenoxy) is 1. The van der Waals surface area contributed by atoms with Gasteiger partial charge in [-0.15, -0.1) is 10.2 Å². The van der Waals surface area contributed by atoms with E-state index in [9.17, 15) is 8.42 Å². The third-order valence-corrected chi connectivity index (χ3v) is 7.52. The van der Waals surface area contributed by atoms with Crippen molar-refractivity contribution in [2.24, 2.45) is 0 Å². The molecule has 0 spiro atoms. The lowest BCUT2D eigenvalue weighted by atomic mass is 10.0. The van der Waals surface area contributed by atoms with Crippen molar-refractivity contribution >= 4 is 32.3 Å². The molecule has 0 bridgehead atoms. The Morgan fingerprint density at radius 3 is 2.41 bits per heavy atom. The van der Waals surface area contributed by atoms with E-state index in [4.69, 9.17) is 4.74 Å². The fourth-order valence-electron chi connectivity index (χ4n) is 4.02. The molecule has 0 saturated heterocycles. The van der Waals surface area contributed by atoms with Crippen LogP contribution in [0.2, 0.25) is 0 Å². The Morgan fingerprint density at radius 2 is 1.68 bits per heavy atom. The number of nitrogens with one attached hydrogen (secondary N) is 2. The minimum absolute atomic E-state index is 0.147. The highest BCUT2D eigenvalue weighted by Gasteiger charge is 2.19. The number of hydrogen-bond donors (Lipinski definition) is 2. The van der Waals surface area contributed by atoms with Crippen LogP contribution in [0.3, 0.4) is 0 Å². The van der Waals surface area contributed by atoms with E-state index >= 15 is 0 Å². The van der Waals surface area contributed by atoms with Gasteiger partial charge < -0.3 is 10.1 Å². The summed E-state index contributed by atoms with van der Waals surface area (Å²) >= 11 is 0. The highest BCUT2D eigenvalue weighted by Crippen LogP contribution is 2.33. The number of aromatic nitrogens is 3. The number of sulfonamides is 1. The van der Waals surface area contributed by atoms with Crippen LogP contribution in [0, 0.1) is 6.92 Å². The molecule has 0 aliphatic carbocycles. The van der Waals surface area contributed by atoms with Gasteiger partial charge in [0.1, 0.15) is 11.4 Å². The van der Waals surface area contributed by atoms with Crippen LogP contribution >= 0.6 is 0 Å². The number of methoxy groups -OCH3 is 1. The van der Waals surface area contributed by atoms with Crippen molar-refractivity contribution in [3.63, 3.8) is 0 Å². The number of nitrogens with zero attached hydrogens (tertiary/aromatic N) is 3. The molecular formula is C28H25N5O3S. The second-order valence-electron chi connectivity index (χ2n) is 8.46. The van der Waals surface area contributed by atoms with Crippen molar-refractivity contribution in [2.75, 3.05) is 12.4 Å². The van der Waals surface area contributed by atoms with Gasteiger partial charge in [0.2, 0.25) is 10.0 Å². The minimum atomic E-state index is -3.78. The Hall–Kier alpha value is -4.34. The molecule has 0 radical (unpaired) electrons. The van der Waals surface area contributed by atoms with E-state index in [2.05, 4.69) is 25.2 Å². The minimum Gasteiger partial charge on any atom is -0.497 e. The molecule has 5 aromatic rings. The predicted molar refractivity (Wildman–Crippen MR) is 144 cm³/mol. The Kier molecular flexibility index (Phi) is 6.80. The average Bonchev–Trinajstić information content (AvgIpc) is 2.93. The zero-order valence-electron chi connectivity index (χ0n) is 20.3. The summed E-state index contributed by atoms with van der Waals surface area (Å²) < 4.78 is 34.3. The summed E-state index contributed by atoms with van der Waals surface area (Å²) in [5, 5.41) is 14.0. The average molecular weight is 512 g/mol. The van der Waals surface area contributed by atoms with Crippen molar-refractivity contribution in [1.82, 2.24) is 19.9 Å². The molecule has 0 aliphatic heterocycles. The zero-order chi connectivity index (χ0) is 25.8. The number of hydrogen-bond acceptors (Lipinski definition) is 7. The molecule has 186 valence electrons. The molecule has 2 aromatic heterocycles. The van der Waals surface area contributed by atoms with Crippen molar-refractivity contribution in [1.29, 1.82) is 0 Å². The Bertz CT molecular complexity index is 1660. The molecule has 0 fully saturated rings. The monoisotopic (exact) mass is 511 g/mol. The Labute approximate surface area is 215 Å². The lowest BCUT2D eigenvalue weighted by Gasteiger charge is -2.14. The summed E-state index contributed by atoms with van der Waals surface area (Å²) in [6, 6.07) is 24.2. The van der Waals surface area contributed by atoms with Gasteiger partial charge >= 0.3 is 0 Å². The lowest BCUT2D eigenvalue weighted by Crippen LogP contribution is -2.24. The van der Waals surface area contributed by atoms with Gasteiger partial charge in [0.25, 0.3) is 0 Å². The summed E-state index contributed by atoms with van der Waals surface area (Å²) in [6.07, 6.45) is 3.28. The Morgan fingerprint density at radius 1 is 0.892 bits per heavy atom. The van der Waals surface area contributed by atoms with Crippen molar-refractivity contribution < 1.29 is 13.2 Å². The second-order valence-corrected chi connectivity index (χ2v) is 10.2. The molecule has 0 aliphatic rings. The SMILES string of the molecule is COc1ccc(Nc2nnc(-c3ccc(C)c(S(=O)(=O)NCc4cccnc4)c3)c3ccccc23)cc1. The summed E-state index contributed by atoms with van der Waals surface area (Å²) in [6.45, 7) is 1.92. The molecule has 37 heavy (non-hydrogen) atoms. The van der Waals surface area contributed by atoms with Crippen LogP contribution in [0.5, 0.6) is 5.75 Å². The van der Waals surface area contributed by atoms with Crippen molar-refractivity contribution in [3.05, 3.63) is 102 Å². The van der Waals surface area contributed by atoms with Gasteiger partial charge in [0.15, 0.2) is 5.82 Å². The third-order valence-electron chi connectivity index (χ3n) is 5.98. The van der Waals surface area contributed by atoms with E-state index in [0.29, 0.717) is 22.6 Å². The number of fused-ring (bicyclic) bond motifs is 1. The van der Waals surface area contributed by atoms with Crippen LogP contribution in [0.4, 0.5) is 11.5 Å². The van der Waals surface area contributed by atoms with Crippen molar-refractivity contribution in [2.45, 2.75) is 18.4 Å². The number of anilines is 2. The van der Waals surface area contributed by atoms with E-state index in [1.54, 1.807) is 44.6 Å². The fraction of sp³-hybridized carbons (Fsp3) is 0.107. The predicted octanol–water partition coefficient (Wildman–Crippen LogP) is 5.23.